The highest BCUT2D eigenvalue weighted by molar-refractivity contribution is 8.00. The normalized spacial score (nSPS) is 33.2. The summed E-state index contributed by atoms with van der Waals surface area (Å²) in [5.41, 5.74) is 0. The zero-order valence-electron chi connectivity index (χ0n) is 12.7. The van der Waals surface area contributed by atoms with Crippen LogP contribution in [0.5, 0.6) is 0 Å². The second-order valence-corrected chi connectivity index (χ2v) is 9.67. The molecule has 3 atom stereocenters. The second-order valence-electron chi connectivity index (χ2n) is 6.32. The highest BCUT2D eigenvalue weighted by Crippen LogP contribution is 2.23. The van der Waals surface area contributed by atoms with Crippen molar-refractivity contribution in [1.82, 2.24) is 10.2 Å². The van der Waals surface area contributed by atoms with Gasteiger partial charge < -0.3 is 5.32 Å². The Kier molecular flexibility index (Phi) is 6.20. The summed E-state index contributed by atoms with van der Waals surface area (Å²) in [5, 5.41) is 3.34. The number of sulfone groups is 1. The molecule has 0 aromatic carbocycles. The van der Waals surface area contributed by atoms with Gasteiger partial charge in [0.05, 0.1) is 0 Å². The first-order chi connectivity index (χ1) is 9.47. The van der Waals surface area contributed by atoms with E-state index in [1.807, 2.05) is 0 Å². The molecular formula is C14H28N2O2S2. The molecule has 1 saturated heterocycles. The minimum atomic E-state index is -2.96. The number of rotatable bonds is 5. The predicted octanol–water partition coefficient (Wildman–Crippen LogP) is 1.57. The molecule has 1 saturated carbocycles. The van der Waals surface area contributed by atoms with Crippen molar-refractivity contribution in [3.05, 3.63) is 0 Å². The van der Waals surface area contributed by atoms with Crippen molar-refractivity contribution in [3.63, 3.8) is 0 Å². The van der Waals surface area contributed by atoms with E-state index in [1.54, 1.807) is 11.8 Å². The number of thioether (sulfide) groups is 1. The first-order valence-electron chi connectivity index (χ1n) is 7.71. The number of nitrogens with zero attached hydrogens (tertiary/aromatic N) is 1. The van der Waals surface area contributed by atoms with Crippen molar-refractivity contribution < 1.29 is 8.42 Å². The zero-order valence-corrected chi connectivity index (χ0v) is 14.3. The summed E-state index contributed by atoms with van der Waals surface area (Å²) in [7, 11) is -2.96. The van der Waals surface area contributed by atoms with Gasteiger partial charge in [-0.3, -0.25) is 4.90 Å². The molecule has 0 aromatic rings. The van der Waals surface area contributed by atoms with E-state index in [0.717, 1.165) is 37.1 Å². The summed E-state index contributed by atoms with van der Waals surface area (Å²) < 4.78 is 23.7. The van der Waals surface area contributed by atoms with Crippen LogP contribution in [0.25, 0.3) is 0 Å². The van der Waals surface area contributed by atoms with E-state index < -0.39 is 9.84 Å². The molecule has 2 rings (SSSR count). The molecule has 0 radical (unpaired) electrons. The van der Waals surface area contributed by atoms with Crippen LogP contribution in [0.2, 0.25) is 0 Å². The maximum atomic E-state index is 11.8. The molecule has 6 heteroatoms. The van der Waals surface area contributed by atoms with Gasteiger partial charge in [-0.15, -0.1) is 0 Å². The smallest absolute Gasteiger partial charge is 0.164 e. The largest absolute Gasteiger partial charge is 0.313 e. The minimum Gasteiger partial charge on any atom is -0.313 e. The van der Waals surface area contributed by atoms with Gasteiger partial charge in [-0.25, -0.2) is 8.42 Å². The summed E-state index contributed by atoms with van der Waals surface area (Å²) >= 11 is 1.75. The fourth-order valence-corrected chi connectivity index (χ4v) is 6.27. The number of nitrogens with one attached hydrogen (secondary N) is 1. The SMILES string of the molecule is CC1CCCC(NCCN2CCSCC2S(C)(=O)=O)C1. The summed E-state index contributed by atoms with van der Waals surface area (Å²) in [6, 6.07) is 0.634. The molecule has 0 bridgehead atoms. The average molecular weight is 321 g/mol. The van der Waals surface area contributed by atoms with E-state index in [1.165, 1.54) is 31.9 Å². The quantitative estimate of drug-likeness (QED) is 0.833. The van der Waals surface area contributed by atoms with Crippen LogP contribution in [0.4, 0.5) is 0 Å². The Morgan fingerprint density at radius 2 is 2.15 bits per heavy atom. The fourth-order valence-electron chi connectivity index (χ4n) is 3.30. The summed E-state index contributed by atoms with van der Waals surface area (Å²) in [6.07, 6.45) is 6.59. The molecular weight excluding hydrogens is 292 g/mol. The van der Waals surface area contributed by atoms with Crippen molar-refractivity contribution in [2.24, 2.45) is 5.92 Å². The molecule has 0 amide bonds. The Hall–Kier alpha value is 0.220. The van der Waals surface area contributed by atoms with Crippen LogP contribution < -0.4 is 5.32 Å². The predicted molar refractivity (Wildman–Crippen MR) is 87.0 cm³/mol. The molecule has 1 N–H and O–H groups in total. The molecule has 0 spiro atoms. The first kappa shape index (κ1) is 16.6. The number of hydrogen-bond acceptors (Lipinski definition) is 5. The zero-order chi connectivity index (χ0) is 14.6. The Labute approximate surface area is 128 Å². The van der Waals surface area contributed by atoms with Crippen LogP contribution in [0.15, 0.2) is 0 Å². The molecule has 0 aromatic heterocycles. The summed E-state index contributed by atoms with van der Waals surface area (Å²) in [6.45, 7) is 4.98. The maximum absolute atomic E-state index is 11.8. The molecule has 118 valence electrons. The Balaban J connectivity index is 1.77. The highest BCUT2D eigenvalue weighted by Gasteiger charge is 2.30. The summed E-state index contributed by atoms with van der Waals surface area (Å²) in [4.78, 5) is 2.14. The van der Waals surface area contributed by atoms with E-state index in [0.29, 0.717) is 6.04 Å². The van der Waals surface area contributed by atoms with Crippen LogP contribution in [-0.2, 0) is 9.84 Å². The van der Waals surface area contributed by atoms with Crippen molar-refractivity contribution in [2.45, 2.75) is 44.0 Å². The van der Waals surface area contributed by atoms with Gasteiger partial charge in [0, 0.05) is 43.4 Å². The van der Waals surface area contributed by atoms with Crippen molar-refractivity contribution in [3.8, 4) is 0 Å². The lowest BCUT2D eigenvalue weighted by molar-refractivity contribution is 0.248. The third kappa shape index (κ3) is 4.90. The highest BCUT2D eigenvalue weighted by atomic mass is 32.2. The second kappa shape index (κ2) is 7.47. The first-order valence-corrected chi connectivity index (χ1v) is 10.8. The average Bonchev–Trinajstić information content (AvgIpc) is 2.38. The van der Waals surface area contributed by atoms with E-state index in [-0.39, 0.29) is 5.37 Å². The standard InChI is InChI=1S/C14H28N2O2S2/c1-12-4-3-5-13(10-12)15-6-7-16-8-9-19-11-14(16)20(2,17)18/h12-15H,3-11H2,1-2H3. The third-order valence-corrected chi connectivity index (χ3v) is 7.14. The topological polar surface area (TPSA) is 49.4 Å². The molecule has 2 aliphatic rings. The maximum Gasteiger partial charge on any atom is 0.164 e. The van der Waals surface area contributed by atoms with Crippen molar-refractivity contribution in [1.29, 1.82) is 0 Å². The van der Waals surface area contributed by atoms with Crippen molar-refractivity contribution >= 4 is 21.6 Å². The van der Waals surface area contributed by atoms with Gasteiger partial charge in [0.1, 0.15) is 5.37 Å². The van der Waals surface area contributed by atoms with E-state index in [4.69, 9.17) is 0 Å². The van der Waals surface area contributed by atoms with Gasteiger partial charge in [0.25, 0.3) is 0 Å². The molecule has 1 aliphatic heterocycles. The Bertz CT molecular complexity index is 400. The molecule has 1 heterocycles. The van der Waals surface area contributed by atoms with Gasteiger partial charge >= 0.3 is 0 Å². The third-order valence-electron chi connectivity index (χ3n) is 4.45. The minimum absolute atomic E-state index is 0.284. The van der Waals surface area contributed by atoms with E-state index in [2.05, 4.69) is 17.1 Å². The summed E-state index contributed by atoms with van der Waals surface area (Å²) in [5.74, 6) is 2.60. The Morgan fingerprint density at radius 3 is 2.85 bits per heavy atom. The van der Waals surface area contributed by atoms with Crippen LogP contribution in [0.3, 0.4) is 0 Å². The Morgan fingerprint density at radius 1 is 1.35 bits per heavy atom. The van der Waals surface area contributed by atoms with Gasteiger partial charge in [-0.2, -0.15) is 11.8 Å². The van der Waals surface area contributed by atoms with Gasteiger partial charge in [-0.05, 0) is 18.8 Å². The van der Waals surface area contributed by atoms with Gasteiger partial charge in [0.2, 0.25) is 0 Å². The van der Waals surface area contributed by atoms with Crippen LogP contribution in [0.1, 0.15) is 32.6 Å². The monoisotopic (exact) mass is 320 g/mol. The molecule has 4 nitrogen and oxygen atoms in total. The lowest BCUT2D eigenvalue weighted by Crippen LogP contribution is -2.50. The van der Waals surface area contributed by atoms with Crippen LogP contribution >= 0.6 is 11.8 Å². The van der Waals surface area contributed by atoms with Crippen LogP contribution in [0, 0.1) is 5.92 Å². The van der Waals surface area contributed by atoms with Gasteiger partial charge in [0.15, 0.2) is 9.84 Å². The van der Waals surface area contributed by atoms with Crippen molar-refractivity contribution in [2.75, 3.05) is 37.4 Å². The van der Waals surface area contributed by atoms with Gasteiger partial charge in [-0.1, -0.05) is 19.8 Å². The van der Waals surface area contributed by atoms with Crippen LogP contribution in [-0.4, -0.2) is 62.1 Å². The molecule has 1 aliphatic carbocycles. The van der Waals surface area contributed by atoms with E-state index >= 15 is 0 Å². The van der Waals surface area contributed by atoms with E-state index in [9.17, 15) is 8.42 Å². The molecule has 3 unspecified atom stereocenters. The molecule has 20 heavy (non-hydrogen) atoms. The molecule has 2 fully saturated rings. The number of hydrogen-bond donors (Lipinski definition) is 1. The fraction of sp³-hybridized carbons (Fsp3) is 1.00. The lowest BCUT2D eigenvalue weighted by atomic mass is 9.87. The lowest BCUT2D eigenvalue weighted by Gasteiger charge is -2.35.